The van der Waals surface area contributed by atoms with Crippen molar-refractivity contribution in [2.24, 2.45) is 0 Å². The molecule has 0 spiro atoms. The van der Waals surface area contributed by atoms with E-state index in [4.69, 9.17) is 4.74 Å². The lowest BCUT2D eigenvalue weighted by molar-refractivity contribution is -0.137. The Balaban J connectivity index is 1.75. The Morgan fingerprint density at radius 1 is 1.06 bits per heavy atom. The Bertz CT molecular complexity index is 1180. The smallest absolute Gasteiger partial charge is 0.417 e. The fourth-order valence-electron chi connectivity index (χ4n) is 2.98. The van der Waals surface area contributed by atoms with Gasteiger partial charge in [0.05, 0.1) is 17.6 Å². The maximum Gasteiger partial charge on any atom is 0.417 e. The van der Waals surface area contributed by atoms with Crippen molar-refractivity contribution in [1.82, 2.24) is 9.29 Å². The summed E-state index contributed by atoms with van der Waals surface area (Å²) in [6.45, 7) is 0.182. The van der Waals surface area contributed by atoms with Gasteiger partial charge in [0.1, 0.15) is 5.75 Å². The zero-order chi connectivity index (χ0) is 23.5. The molecule has 10 heteroatoms. The van der Waals surface area contributed by atoms with Gasteiger partial charge in [0, 0.05) is 36.4 Å². The third kappa shape index (κ3) is 5.67. The number of halogens is 4. The normalized spacial score (nSPS) is 12.2. The van der Waals surface area contributed by atoms with Crippen LogP contribution in [-0.4, -0.2) is 31.9 Å². The highest BCUT2D eigenvalue weighted by molar-refractivity contribution is 9.10. The van der Waals surface area contributed by atoms with E-state index >= 15 is 0 Å². The Labute approximate surface area is 193 Å². The molecule has 0 fully saturated rings. The lowest BCUT2D eigenvalue weighted by Gasteiger charge is -2.18. The van der Waals surface area contributed by atoms with Crippen LogP contribution in [0.1, 0.15) is 22.4 Å². The molecular formula is C22H20BrF3N2O3S. The van der Waals surface area contributed by atoms with Crippen LogP contribution in [0.3, 0.4) is 0 Å². The maximum absolute atomic E-state index is 13.0. The summed E-state index contributed by atoms with van der Waals surface area (Å²) in [5.41, 5.74) is 1.13. The van der Waals surface area contributed by atoms with Gasteiger partial charge in [-0.1, -0.05) is 34.1 Å². The molecule has 1 heterocycles. The minimum atomic E-state index is -4.44. The number of hydrogen-bond acceptors (Lipinski definition) is 4. The molecule has 0 aliphatic heterocycles. The summed E-state index contributed by atoms with van der Waals surface area (Å²) in [7, 11) is -0.706. The van der Waals surface area contributed by atoms with E-state index in [-0.39, 0.29) is 17.9 Å². The summed E-state index contributed by atoms with van der Waals surface area (Å²) >= 11 is 3.37. The van der Waals surface area contributed by atoms with E-state index in [1.54, 1.807) is 37.4 Å². The highest BCUT2D eigenvalue weighted by Crippen LogP contribution is 2.29. The molecule has 2 aromatic carbocycles. The minimum absolute atomic E-state index is 0.101. The minimum Gasteiger partial charge on any atom is -0.497 e. The lowest BCUT2D eigenvalue weighted by Crippen LogP contribution is -2.26. The molecule has 0 bridgehead atoms. The summed E-state index contributed by atoms with van der Waals surface area (Å²) in [4.78, 5) is 3.97. The van der Waals surface area contributed by atoms with E-state index in [2.05, 4.69) is 20.9 Å². The molecular weight excluding hydrogens is 509 g/mol. The van der Waals surface area contributed by atoms with Crippen LogP contribution in [0.25, 0.3) is 0 Å². The molecule has 0 aliphatic carbocycles. The van der Waals surface area contributed by atoms with Gasteiger partial charge in [-0.15, -0.1) is 0 Å². The van der Waals surface area contributed by atoms with Crippen molar-refractivity contribution in [2.75, 3.05) is 14.2 Å². The number of hydrogen-bond donors (Lipinski definition) is 0. The van der Waals surface area contributed by atoms with E-state index in [9.17, 15) is 21.6 Å². The van der Waals surface area contributed by atoms with Crippen LogP contribution in [-0.2, 0) is 29.2 Å². The van der Waals surface area contributed by atoms with Crippen LogP contribution in [0.2, 0.25) is 0 Å². The van der Waals surface area contributed by atoms with Crippen molar-refractivity contribution < 1.29 is 26.3 Å². The van der Waals surface area contributed by atoms with Gasteiger partial charge in [0.25, 0.3) is 0 Å². The molecule has 0 saturated carbocycles. The van der Waals surface area contributed by atoms with Crippen molar-refractivity contribution in [3.05, 3.63) is 87.7 Å². The van der Waals surface area contributed by atoms with Gasteiger partial charge in [0.15, 0.2) is 0 Å². The van der Waals surface area contributed by atoms with E-state index in [0.717, 1.165) is 17.8 Å². The maximum atomic E-state index is 13.0. The summed E-state index contributed by atoms with van der Waals surface area (Å²) < 4.78 is 70.9. The van der Waals surface area contributed by atoms with Gasteiger partial charge < -0.3 is 4.74 Å². The fraction of sp³-hybridized carbons (Fsp3) is 0.227. The zero-order valence-electron chi connectivity index (χ0n) is 17.2. The third-order valence-corrected chi connectivity index (χ3v) is 7.36. The van der Waals surface area contributed by atoms with Gasteiger partial charge in [0.2, 0.25) is 10.0 Å². The van der Waals surface area contributed by atoms with Crippen LogP contribution in [0.5, 0.6) is 5.75 Å². The highest BCUT2D eigenvalue weighted by Gasteiger charge is 2.30. The number of sulfonamides is 1. The summed E-state index contributed by atoms with van der Waals surface area (Å²) in [6, 6.07) is 14.0. The van der Waals surface area contributed by atoms with Crippen LogP contribution >= 0.6 is 15.9 Å². The number of aromatic nitrogens is 1. The first-order valence-electron chi connectivity index (χ1n) is 9.40. The van der Waals surface area contributed by atoms with Crippen LogP contribution in [0.4, 0.5) is 13.2 Å². The van der Waals surface area contributed by atoms with Gasteiger partial charge >= 0.3 is 6.18 Å². The number of benzene rings is 2. The summed E-state index contributed by atoms with van der Waals surface area (Å²) in [5.74, 6) is 0.682. The topological polar surface area (TPSA) is 59.5 Å². The van der Waals surface area contributed by atoms with Gasteiger partial charge in [-0.3, -0.25) is 4.98 Å². The molecule has 0 saturated heterocycles. The average molecular weight is 529 g/mol. The van der Waals surface area contributed by atoms with Crippen molar-refractivity contribution >= 4 is 26.0 Å². The molecule has 32 heavy (non-hydrogen) atoms. The van der Waals surface area contributed by atoms with Gasteiger partial charge in [-0.05, 0) is 47.5 Å². The standard InChI is InChI=1S/C22H20BrF3N2O3S/c1-28(14-15-3-8-19(31-2)9-4-15)32(29,30)20-10-5-16(21(23)12-20)11-18-7-6-17(13-27-18)22(24,25)26/h3-10,12-13H,11,14H2,1-2H3. The number of methoxy groups -OCH3 is 1. The monoisotopic (exact) mass is 528 g/mol. The van der Waals surface area contributed by atoms with Crippen molar-refractivity contribution in [3.63, 3.8) is 0 Å². The molecule has 170 valence electrons. The predicted octanol–water partition coefficient (Wildman–Crippen LogP) is 5.28. The molecule has 0 N–H and O–H groups in total. The van der Waals surface area contributed by atoms with Gasteiger partial charge in [-0.2, -0.15) is 17.5 Å². The molecule has 0 amide bonds. The van der Waals surface area contributed by atoms with Crippen LogP contribution < -0.4 is 4.74 Å². The highest BCUT2D eigenvalue weighted by atomic mass is 79.9. The summed E-state index contributed by atoms with van der Waals surface area (Å²) in [5, 5.41) is 0. The molecule has 1 aromatic heterocycles. The van der Waals surface area contributed by atoms with E-state index < -0.39 is 21.8 Å². The van der Waals surface area contributed by atoms with Crippen molar-refractivity contribution in [2.45, 2.75) is 24.0 Å². The number of rotatable bonds is 7. The number of alkyl halides is 3. The lowest BCUT2D eigenvalue weighted by atomic mass is 10.1. The Morgan fingerprint density at radius 2 is 1.75 bits per heavy atom. The first-order chi connectivity index (χ1) is 15.0. The first kappa shape index (κ1) is 24.2. The molecule has 5 nitrogen and oxygen atoms in total. The number of pyridine rings is 1. The molecule has 0 radical (unpaired) electrons. The molecule has 3 aromatic rings. The van der Waals surface area contributed by atoms with Gasteiger partial charge in [-0.25, -0.2) is 8.42 Å². The fourth-order valence-corrected chi connectivity index (χ4v) is 4.83. The average Bonchev–Trinajstić information content (AvgIpc) is 2.75. The largest absolute Gasteiger partial charge is 0.497 e. The molecule has 3 rings (SSSR count). The predicted molar refractivity (Wildman–Crippen MR) is 118 cm³/mol. The van der Waals surface area contributed by atoms with E-state index in [0.29, 0.717) is 21.5 Å². The zero-order valence-corrected chi connectivity index (χ0v) is 19.6. The van der Waals surface area contributed by atoms with Crippen LogP contribution in [0.15, 0.2) is 70.2 Å². The Morgan fingerprint density at radius 3 is 2.28 bits per heavy atom. The number of ether oxygens (including phenoxy) is 1. The first-order valence-corrected chi connectivity index (χ1v) is 11.6. The molecule has 0 unspecified atom stereocenters. The molecule has 0 atom stereocenters. The molecule has 0 aliphatic rings. The van der Waals surface area contributed by atoms with Crippen LogP contribution in [0, 0.1) is 0 Å². The quantitative estimate of drug-likeness (QED) is 0.418. The Hall–Kier alpha value is -2.43. The van der Waals surface area contributed by atoms with Crippen molar-refractivity contribution in [3.8, 4) is 5.75 Å². The van der Waals surface area contributed by atoms with E-state index in [1.165, 1.54) is 29.6 Å². The van der Waals surface area contributed by atoms with E-state index in [1.807, 2.05) is 0 Å². The Kier molecular flexibility index (Phi) is 7.26. The number of nitrogens with zero attached hydrogens (tertiary/aromatic N) is 2. The second-order valence-corrected chi connectivity index (χ2v) is 9.97. The van der Waals surface area contributed by atoms with Crippen molar-refractivity contribution in [1.29, 1.82) is 0 Å². The second-order valence-electron chi connectivity index (χ2n) is 7.08. The second kappa shape index (κ2) is 9.60. The SMILES string of the molecule is COc1ccc(CN(C)S(=O)(=O)c2ccc(Cc3ccc(C(F)(F)F)cn3)c(Br)c2)cc1. The summed E-state index contributed by atoms with van der Waals surface area (Å²) in [6.07, 6.45) is -3.41. The third-order valence-electron chi connectivity index (χ3n) is 4.82.